The van der Waals surface area contributed by atoms with Gasteiger partial charge in [0.05, 0.1) is 6.20 Å². The number of ether oxygens (including phenoxy) is 4. The second-order valence-corrected chi connectivity index (χ2v) is 10.2. The molecule has 14 nitrogen and oxygen atoms in total. The van der Waals surface area contributed by atoms with E-state index >= 15 is 0 Å². The number of thioether (sulfide) groups is 1. The second kappa shape index (κ2) is 13.2. The smallest absolute Gasteiger partial charge is 0.364 e. The maximum atomic E-state index is 13.9. The van der Waals surface area contributed by atoms with Crippen molar-refractivity contribution in [2.75, 3.05) is 6.61 Å². The van der Waals surface area contributed by atoms with Crippen molar-refractivity contribution in [1.29, 1.82) is 0 Å². The predicted molar refractivity (Wildman–Crippen MR) is 138 cm³/mol. The molecule has 228 valence electrons. The first kappa shape index (κ1) is 31.4. The van der Waals surface area contributed by atoms with Crippen LogP contribution in [0.3, 0.4) is 0 Å². The first-order valence-corrected chi connectivity index (χ1v) is 13.2. The average Bonchev–Trinajstić information content (AvgIpc) is 3.41. The van der Waals surface area contributed by atoms with E-state index in [0.29, 0.717) is 12.1 Å². The molecule has 1 aromatic carbocycles. The van der Waals surface area contributed by atoms with E-state index in [1.165, 1.54) is 18.5 Å². The zero-order chi connectivity index (χ0) is 31.4. The minimum absolute atomic E-state index is 0.127. The Morgan fingerprint density at radius 2 is 1.70 bits per heavy atom. The Morgan fingerprint density at radius 3 is 2.30 bits per heavy atom. The number of hydrogen-bond donors (Lipinski definition) is 0. The van der Waals surface area contributed by atoms with Crippen LogP contribution in [0.2, 0.25) is 0 Å². The van der Waals surface area contributed by atoms with E-state index in [9.17, 15) is 37.7 Å². The standard InChI is InChI=1S/C25H22F3N5O9S/c1-11(34)39-10-19-23(40-12(2)35)22(32-9-18(30-31-32)14-6-16(26)21(28)17(27)7-14)24(41-13(3)36)25(42-19)43-15-4-5-29-20(8-15)33(37)38/h4-9,19,22-25H,10H2,1-3H3/t19?,22?,23-,24?,25+/m0/s1. The summed E-state index contributed by atoms with van der Waals surface area (Å²) in [6.07, 6.45) is -1.52. The molecular weight excluding hydrogens is 603 g/mol. The number of benzene rings is 1. The monoisotopic (exact) mass is 625 g/mol. The number of rotatable bonds is 9. The van der Waals surface area contributed by atoms with Gasteiger partial charge in [0.25, 0.3) is 0 Å². The molecule has 18 heteroatoms. The van der Waals surface area contributed by atoms with E-state index in [1.54, 1.807) is 0 Å². The third kappa shape index (κ3) is 7.44. The molecule has 1 aliphatic heterocycles. The summed E-state index contributed by atoms with van der Waals surface area (Å²) >= 11 is 0.885. The Bertz CT molecular complexity index is 1540. The lowest BCUT2D eigenvalue weighted by atomic mass is 9.96. The summed E-state index contributed by atoms with van der Waals surface area (Å²) in [7, 11) is 0. The van der Waals surface area contributed by atoms with Gasteiger partial charge in [-0.2, -0.15) is 0 Å². The van der Waals surface area contributed by atoms with Crippen LogP contribution in [0.25, 0.3) is 11.3 Å². The number of carbonyl (C=O) groups excluding carboxylic acids is 3. The molecule has 0 spiro atoms. The number of halogens is 3. The average molecular weight is 626 g/mol. The lowest BCUT2D eigenvalue weighted by Crippen LogP contribution is -2.57. The highest BCUT2D eigenvalue weighted by atomic mass is 32.2. The van der Waals surface area contributed by atoms with Crippen LogP contribution in [-0.4, -0.2) is 73.2 Å². The molecule has 0 aliphatic carbocycles. The van der Waals surface area contributed by atoms with Gasteiger partial charge in [-0.3, -0.25) is 14.4 Å². The summed E-state index contributed by atoms with van der Waals surface area (Å²) in [6, 6.07) is 2.72. The second-order valence-electron chi connectivity index (χ2n) is 9.05. The van der Waals surface area contributed by atoms with Crippen LogP contribution in [0.4, 0.5) is 19.0 Å². The van der Waals surface area contributed by atoms with Crippen LogP contribution in [0.15, 0.2) is 41.6 Å². The fourth-order valence-corrected chi connectivity index (χ4v) is 5.37. The first-order valence-electron chi connectivity index (χ1n) is 12.3. The Labute approximate surface area is 244 Å². The van der Waals surface area contributed by atoms with Crippen molar-refractivity contribution in [2.45, 2.75) is 55.5 Å². The molecule has 1 fully saturated rings. The Morgan fingerprint density at radius 1 is 1.05 bits per heavy atom. The van der Waals surface area contributed by atoms with Crippen LogP contribution in [0.1, 0.15) is 26.8 Å². The predicted octanol–water partition coefficient (Wildman–Crippen LogP) is 3.15. The molecular formula is C25H22F3N5O9S. The summed E-state index contributed by atoms with van der Waals surface area (Å²) in [4.78, 5) is 50.6. The van der Waals surface area contributed by atoms with Gasteiger partial charge in [-0.1, -0.05) is 17.0 Å². The normalized spacial score (nSPS) is 21.6. The molecule has 2 aromatic heterocycles. The molecule has 43 heavy (non-hydrogen) atoms. The zero-order valence-electron chi connectivity index (χ0n) is 22.5. The maximum Gasteiger partial charge on any atom is 0.364 e. The fourth-order valence-electron chi connectivity index (χ4n) is 4.24. The molecule has 0 amide bonds. The number of aromatic nitrogens is 4. The van der Waals surface area contributed by atoms with E-state index in [-0.39, 0.29) is 16.2 Å². The zero-order valence-corrected chi connectivity index (χ0v) is 23.3. The van der Waals surface area contributed by atoms with Crippen LogP contribution >= 0.6 is 11.8 Å². The highest BCUT2D eigenvalue weighted by Crippen LogP contribution is 2.42. The Hall–Kier alpha value is -4.58. The van der Waals surface area contributed by atoms with Gasteiger partial charge in [-0.05, 0) is 28.1 Å². The van der Waals surface area contributed by atoms with Crippen molar-refractivity contribution in [3.05, 3.63) is 64.2 Å². The molecule has 0 radical (unpaired) electrons. The van der Waals surface area contributed by atoms with Gasteiger partial charge in [-0.25, -0.2) is 17.9 Å². The number of nitro groups is 1. The van der Waals surface area contributed by atoms with Crippen LogP contribution < -0.4 is 0 Å². The SMILES string of the molecule is CC(=O)OCC1O[C@H](Sc2ccnc([N+](=O)[O-])c2)C(OC(C)=O)C(n2cc(-c3cc(F)c(F)c(F)c3)nn2)[C@H]1OC(C)=O. The number of carbonyl (C=O) groups is 3. The molecule has 0 N–H and O–H groups in total. The van der Waals surface area contributed by atoms with Crippen LogP contribution in [-0.2, 0) is 33.3 Å². The number of esters is 3. The minimum atomic E-state index is -1.69. The molecule has 5 atom stereocenters. The van der Waals surface area contributed by atoms with E-state index in [4.69, 9.17) is 18.9 Å². The topological polar surface area (TPSA) is 175 Å². The lowest BCUT2D eigenvalue weighted by Gasteiger charge is -2.44. The summed E-state index contributed by atoms with van der Waals surface area (Å²) < 4.78 is 64.9. The van der Waals surface area contributed by atoms with Gasteiger partial charge in [0, 0.05) is 37.3 Å². The third-order valence-electron chi connectivity index (χ3n) is 5.92. The van der Waals surface area contributed by atoms with Crippen molar-refractivity contribution in [2.24, 2.45) is 0 Å². The van der Waals surface area contributed by atoms with Gasteiger partial charge in [0.2, 0.25) is 0 Å². The van der Waals surface area contributed by atoms with Crippen molar-refractivity contribution in [1.82, 2.24) is 20.0 Å². The maximum absolute atomic E-state index is 13.9. The molecule has 3 aromatic rings. The summed E-state index contributed by atoms with van der Waals surface area (Å²) in [6.45, 7) is 2.88. The van der Waals surface area contributed by atoms with Crippen LogP contribution in [0, 0.1) is 27.6 Å². The van der Waals surface area contributed by atoms with Crippen molar-refractivity contribution < 1.29 is 51.4 Å². The number of pyridine rings is 1. The van der Waals surface area contributed by atoms with E-state index in [2.05, 4.69) is 15.3 Å². The van der Waals surface area contributed by atoms with Crippen LogP contribution in [0.5, 0.6) is 0 Å². The Kier molecular flexibility index (Phi) is 9.59. The summed E-state index contributed by atoms with van der Waals surface area (Å²) in [5.41, 5.74) is -1.50. The minimum Gasteiger partial charge on any atom is -0.463 e. The van der Waals surface area contributed by atoms with E-state index < -0.39 is 82.5 Å². The molecule has 3 unspecified atom stereocenters. The summed E-state index contributed by atoms with van der Waals surface area (Å²) in [5.74, 6) is -7.41. The molecule has 0 saturated carbocycles. The highest BCUT2D eigenvalue weighted by molar-refractivity contribution is 7.99. The largest absolute Gasteiger partial charge is 0.463 e. The van der Waals surface area contributed by atoms with Gasteiger partial charge in [-0.15, -0.1) is 5.10 Å². The quantitative estimate of drug-likeness (QED) is 0.112. The van der Waals surface area contributed by atoms with Gasteiger partial charge >= 0.3 is 23.7 Å². The van der Waals surface area contributed by atoms with Crippen molar-refractivity contribution in [3.8, 4) is 11.3 Å². The van der Waals surface area contributed by atoms with Gasteiger partial charge in [0.1, 0.15) is 36.1 Å². The molecule has 3 heterocycles. The molecule has 1 aliphatic rings. The first-order chi connectivity index (χ1) is 20.3. The molecule has 1 saturated heterocycles. The highest BCUT2D eigenvalue weighted by Gasteiger charge is 2.52. The van der Waals surface area contributed by atoms with Crippen molar-refractivity contribution in [3.63, 3.8) is 0 Å². The van der Waals surface area contributed by atoms with Crippen molar-refractivity contribution >= 4 is 35.5 Å². The lowest BCUT2D eigenvalue weighted by molar-refractivity contribution is -0.389. The van der Waals surface area contributed by atoms with E-state index in [1.807, 2.05) is 0 Å². The molecule has 0 bridgehead atoms. The molecule has 4 rings (SSSR count). The number of nitrogens with zero attached hydrogens (tertiary/aromatic N) is 5. The van der Waals surface area contributed by atoms with Gasteiger partial charge < -0.3 is 29.1 Å². The fraction of sp³-hybridized carbons (Fsp3) is 0.360. The third-order valence-corrected chi connectivity index (χ3v) is 7.06. The van der Waals surface area contributed by atoms with E-state index in [0.717, 1.165) is 43.3 Å². The summed E-state index contributed by atoms with van der Waals surface area (Å²) in [5, 5.41) is 19.2. The van der Waals surface area contributed by atoms with Gasteiger partial charge in [0.15, 0.2) is 29.7 Å². The number of hydrogen-bond acceptors (Lipinski definition) is 13. The Balaban J connectivity index is 1.82.